The molecule has 0 aliphatic heterocycles. The number of carbonyl (C=O) groups excluding carboxylic acids is 2. The van der Waals surface area contributed by atoms with Gasteiger partial charge in [0.1, 0.15) is 11.8 Å². The normalized spacial score (nSPS) is 11.9. The van der Waals surface area contributed by atoms with Crippen molar-refractivity contribution in [2.45, 2.75) is 32.7 Å². The number of hydrogen-bond acceptors (Lipinski definition) is 4. The van der Waals surface area contributed by atoms with Gasteiger partial charge in [-0.25, -0.2) is 4.79 Å². The summed E-state index contributed by atoms with van der Waals surface area (Å²) in [6.07, 6.45) is 0.888. The van der Waals surface area contributed by atoms with E-state index in [1.165, 1.54) is 7.11 Å². The summed E-state index contributed by atoms with van der Waals surface area (Å²) < 4.78 is 10.7. The Kier molecular flexibility index (Phi) is 7.38. The number of methoxy groups -OCH3 is 2. The fraction of sp³-hybridized carbons (Fsp3) is 0.500. The van der Waals surface area contributed by atoms with Gasteiger partial charge in [0.05, 0.1) is 18.7 Å². The number of carbonyl (C=O) groups is 2. The Morgan fingerprint density at radius 3 is 2.45 bits per heavy atom. The van der Waals surface area contributed by atoms with Crippen molar-refractivity contribution in [3.8, 4) is 5.75 Å². The van der Waals surface area contributed by atoms with Crippen molar-refractivity contribution in [1.29, 1.82) is 0 Å². The minimum atomic E-state index is -0.611. The molecule has 0 aliphatic carbocycles. The molecule has 0 saturated heterocycles. The fourth-order valence-corrected chi connectivity index (χ4v) is 2.58. The number of amides is 1. The van der Waals surface area contributed by atoms with Crippen LogP contribution in [0.5, 0.6) is 5.75 Å². The maximum Gasteiger partial charge on any atom is 0.328 e. The zero-order valence-electron chi connectivity index (χ0n) is 13.3. The zero-order valence-corrected chi connectivity index (χ0v) is 14.9. The molecule has 1 aromatic carbocycles. The molecule has 0 radical (unpaired) electrons. The summed E-state index contributed by atoms with van der Waals surface area (Å²) in [5.41, 5.74) is 1.02. The summed E-state index contributed by atoms with van der Waals surface area (Å²) in [6, 6.07) is 5.08. The average molecular weight is 372 g/mol. The molecule has 0 spiro atoms. The van der Waals surface area contributed by atoms with Gasteiger partial charge in [-0.1, -0.05) is 19.9 Å². The predicted molar refractivity (Wildman–Crippen MR) is 87.8 cm³/mol. The molecular weight excluding hydrogens is 350 g/mol. The summed E-state index contributed by atoms with van der Waals surface area (Å²) in [4.78, 5) is 23.6. The van der Waals surface area contributed by atoms with E-state index in [4.69, 9.17) is 9.47 Å². The molecule has 0 heterocycles. The van der Waals surface area contributed by atoms with E-state index < -0.39 is 12.0 Å². The van der Waals surface area contributed by atoms with Crippen molar-refractivity contribution in [3.05, 3.63) is 28.2 Å². The summed E-state index contributed by atoms with van der Waals surface area (Å²) in [5.74, 6) is 0.136. The highest BCUT2D eigenvalue weighted by Crippen LogP contribution is 2.25. The average Bonchev–Trinajstić information content (AvgIpc) is 2.49. The molecule has 0 saturated carbocycles. The van der Waals surface area contributed by atoms with Crippen LogP contribution in [0.25, 0.3) is 0 Å². The van der Waals surface area contributed by atoms with Crippen molar-refractivity contribution >= 4 is 27.8 Å². The number of halogens is 1. The first-order valence-electron chi connectivity index (χ1n) is 7.08. The minimum Gasteiger partial charge on any atom is -0.496 e. The van der Waals surface area contributed by atoms with Crippen molar-refractivity contribution in [2.75, 3.05) is 14.2 Å². The molecule has 0 fully saturated rings. The zero-order chi connectivity index (χ0) is 16.7. The lowest BCUT2D eigenvalue weighted by atomic mass is 10.0. The number of aryl methyl sites for hydroxylation is 1. The van der Waals surface area contributed by atoms with Crippen LogP contribution in [0.4, 0.5) is 0 Å². The van der Waals surface area contributed by atoms with E-state index in [-0.39, 0.29) is 11.8 Å². The van der Waals surface area contributed by atoms with Crippen LogP contribution in [0.15, 0.2) is 22.7 Å². The second kappa shape index (κ2) is 8.78. The lowest BCUT2D eigenvalue weighted by Crippen LogP contribution is -2.45. The molecule has 0 aliphatic rings. The Labute approximate surface area is 139 Å². The first kappa shape index (κ1) is 18.5. The topological polar surface area (TPSA) is 64.6 Å². The third kappa shape index (κ3) is 5.33. The third-order valence-electron chi connectivity index (χ3n) is 3.30. The second-order valence-corrected chi connectivity index (χ2v) is 6.14. The molecule has 22 heavy (non-hydrogen) atoms. The quantitative estimate of drug-likeness (QED) is 0.748. The van der Waals surface area contributed by atoms with Crippen LogP contribution >= 0.6 is 15.9 Å². The second-order valence-electron chi connectivity index (χ2n) is 5.28. The Morgan fingerprint density at radius 1 is 1.27 bits per heavy atom. The van der Waals surface area contributed by atoms with E-state index in [1.807, 2.05) is 32.0 Å². The van der Waals surface area contributed by atoms with Gasteiger partial charge in [0.25, 0.3) is 0 Å². The van der Waals surface area contributed by atoms with Gasteiger partial charge in [-0.05, 0) is 46.0 Å². The molecule has 1 aromatic rings. The van der Waals surface area contributed by atoms with E-state index in [0.29, 0.717) is 12.8 Å². The SMILES string of the molecule is COC(=O)[C@@H](NC(=O)CCc1ccc(OC)c(Br)c1)C(C)C. The molecule has 0 unspecified atom stereocenters. The van der Waals surface area contributed by atoms with Crippen molar-refractivity contribution in [2.24, 2.45) is 5.92 Å². The van der Waals surface area contributed by atoms with Crippen molar-refractivity contribution < 1.29 is 19.1 Å². The number of hydrogen-bond donors (Lipinski definition) is 1. The first-order chi connectivity index (χ1) is 10.4. The molecule has 0 bridgehead atoms. The summed E-state index contributed by atoms with van der Waals surface area (Å²) in [7, 11) is 2.92. The predicted octanol–water partition coefficient (Wildman–Crippen LogP) is 2.70. The van der Waals surface area contributed by atoms with Crippen molar-refractivity contribution in [1.82, 2.24) is 5.32 Å². The van der Waals surface area contributed by atoms with Gasteiger partial charge in [0.2, 0.25) is 5.91 Å². The highest BCUT2D eigenvalue weighted by Gasteiger charge is 2.24. The fourth-order valence-electron chi connectivity index (χ4n) is 1.99. The molecule has 6 heteroatoms. The standard InChI is InChI=1S/C16H22BrNO4/c1-10(2)15(16(20)22-4)18-14(19)8-6-11-5-7-13(21-3)12(17)9-11/h5,7,9-10,15H,6,8H2,1-4H3,(H,18,19)/t15-/m0/s1. The molecule has 1 amide bonds. The number of benzene rings is 1. The molecule has 1 atom stereocenters. The van der Waals surface area contributed by atoms with Crippen LogP contribution in [0, 0.1) is 5.92 Å². The third-order valence-corrected chi connectivity index (χ3v) is 3.91. The van der Waals surface area contributed by atoms with Gasteiger partial charge in [-0.2, -0.15) is 0 Å². The van der Waals surface area contributed by atoms with Crippen LogP contribution in [-0.2, 0) is 20.7 Å². The number of nitrogens with one attached hydrogen (secondary N) is 1. The highest BCUT2D eigenvalue weighted by atomic mass is 79.9. The summed E-state index contributed by atoms with van der Waals surface area (Å²) in [6.45, 7) is 3.73. The van der Waals surface area contributed by atoms with E-state index in [9.17, 15) is 9.59 Å². The molecule has 0 aromatic heterocycles. The Balaban J connectivity index is 2.58. The Morgan fingerprint density at radius 2 is 1.95 bits per heavy atom. The van der Waals surface area contributed by atoms with Crippen LogP contribution in [-0.4, -0.2) is 32.1 Å². The maximum absolute atomic E-state index is 12.0. The van der Waals surface area contributed by atoms with Gasteiger partial charge in [0.15, 0.2) is 0 Å². The number of ether oxygens (including phenoxy) is 2. The Bertz CT molecular complexity index is 531. The molecular formula is C16H22BrNO4. The maximum atomic E-state index is 12.0. The summed E-state index contributed by atoms with van der Waals surface area (Å²) in [5, 5.41) is 2.72. The lowest BCUT2D eigenvalue weighted by Gasteiger charge is -2.19. The van der Waals surface area contributed by atoms with Crippen LogP contribution in [0.3, 0.4) is 0 Å². The minimum absolute atomic E-state index is 0.0217. The molecule has 1 rings (SSSR count). The highest BCUT2D eigenvalue weighted by molar-refractivity contribution is 9.10. The molecule has 122 valence electrons. The van der Waals surface area contributed by atoms with Crippen LogP contribution in [0.2, 0.25) is 0 Å². The van der Waals surface area contributed by atoms with Gasteiger partial charge < -0.3 is 14.8 Å². The molecule has 1 N–H and O–H groups in total. The molecule has 5 nitrogen and oxygen atoms in total. The number of rotatable bonds is 7. The van der Waals surface area contributed by atoms with E-state index in [1.54, 1.807) is 7.11 Å². The van der Waals surface area contributed by atoms with Gasteiger partial charge in [-0.3, -0.25) is 4.79 Å². The Hall–Kier alpha value is -1.56. The van der Waals surface area contributed by atoms with Crippen molar-refractivity contribution in [3.63, 3.8) is 0 Å². The first-order valence-corrected chi connectivity index (χ1v) is 7.88. The number of esters is 1. The van der Waals surface area contributed by atoms with E-state index in [0.717, 1.165) is 15.8 Å². The van der Waals surface area contributed by atoms with E-state index >= 15 is 0 Å². The van der Waals surface area contributed by atoms with Crippen LogP contribution < -0.4 is 10.1 Å². The largest absolute Gasteiger partial charge is 0.496 e. The smallest absolute Gasteiger partial charge is 0.328 e. The lowest BCUT2D eigenvalue weighted by molar-refractivity contribution is -0.146. The van der Waals surface area contributed by atoms with Gasteiger partial charge >= 0.3 is 5.97 Å². The summed E-state index contributed by atoms with van der Waals surface area (Å²) >= 11 is 3.42. The monoisotopic (exact) mass is 371 g/mol. The van der Waals surface area contributed by atoms with Crippen LogP contribution in [0.1, 0.15) is 25.8 Å². The van der Waals surface area contributed by atoms with Gasteiger partial charge in [0, 0.05) is 6.42 Å². The van der Waals surface area contributed by atoms with E-state index in [2.05, 4.69) is 21.2 Å². The van der Waals surface area contributed by atoms with Gasteiger partial charge in [-0.15, -0.1) is 0 Å².